The third kappa shape index (κ3) is 15.3. The van der Waals surface area contributed by atoms with Crippen LogP contribution >= 0.6 is 15.9 Å². The Morgan fingerprint density at radius 1 is 0.549 bits per heavy atom. The molecule has 2 unspecified atom stereocenters. The highest BCUT2D eigenvalue weighted by Gasteiger charge is 2.22. The van der Waals surface area contributed by atoms with Gasteiger partial charge >= 0.3 is 11.9 Å². The Balaban J connectivity index is 1.84. The molecule has 3 aromatic rings. The van der Waals surface area contributed by atoms with Gasteiger partial charge in [-0.25, -0.2) is 0 Å². The molecule has 0 N–H and O–H groups in total. The number of rotatable bonds is 28. The minimum Gasteiger partial charge on any atom is -0.488 e. The first-order valence-corrected chi connectivity index (χ1v) is 20.1. The number of carbonyl (C=O) groups is 2. The normalized spacial score (nSPS) is 12.6. The van der Waals surface area contributed by atoms with Crippen molar-refractivity contribution in [3.63, 3.8) is 0 Å². The number of fused-ring (bicyclic) bond motifs is 2. The molecule has 0 aliphatic rings. The largest absolute Gasteiger partial charge is 0.488 e. The lowest BCUT2D eigenvalue weighted by Crippen LogP contribution is -2.30. The maximum absolute atomic E-state index is 12.8. The van der Waals surface area contributed by atoms with E-state index >= 15 is 0 Å². The molecular weight excluding hydrogens is 712 g/mol. The number of hydrogen-bond acceptors (Lipinski definition) is 8. The number of hydrogen-bond donors (Lipinski definition) is 0. The monoisotopic (exact) mass is 772 g/mol. The Hall–Kier alpha value is -2.88. The SMILES string of the molecule is CCCCCCCC(=O)OC(COCCC)COc1c2ccccc2c(OCC(COCCC)OC(=O)CCCCCCC)c2cc(Br)ccc12. The molecule has 0 amide bonds. The molecule has 3 aromatic carbocycles. The van der Waals surface area contributed by atoms with Gasteiger partial charge in [0.15, 0.2) is 12.2 Å². The van der Waals surface area contributed by atoms with Crippen LogP contribution in [0.3, 0.4) is 0 Å². The first-order valence-electron chi connectivity index (χ1n) is 19.4. The second-order valence-electron chi connectivity index (χ2n) is 13.2. The zero-order chi connectivity index (χ0) is 36.7. The van der Waals surface area contributed by atoms with Crippen molar-refractivity contribution in [2.75, 3.05) is 39.6 Å². The summed E-state index contributed by atoms with van der Waals surface area (Å²) in [4.78, 5) is 25.6. The van der Waals surface area contributed by atoms with Crippen molar-refractivity contribution in [3.8, 4) is 11.5 Å². The van der Waals surface area contributed by atoms with E-state index in [9.17, 15) is 9.59 Å². The maximum atomic E-state index is 12.8. The molecule has 2 atom stereocenters. The van der Waals surface area contributed by atoms with E-state index in [4.69, 9.17) is 28.4 Å². The molecule has 0 radical (unpaired) electrons. The van der Waals surface area contributed by atoms with E-state index in [0.29, 0.717) is 37.6 Å². The number of ether oxygens (including phenoxy) is 6. The van der Waals surface area contributed by atoms with E-state index in [2.05, 4.69) is 29.8 Å². The number of unbranched alkanes of at least 4 members (excludes halogenated alkanes) is 8. The summed E-state index contributed by atoms with van der Waals surface area (Å²) in [6.45, 7) is 10.4. The molecule has 284 valence electrons. The summed E-state index contributed by atoms with van der Waals surface area (Å²) in [5.41, 5.74) is 0. The molecule has 0 aromatic heterocycles. The van der Waals surface area contributed by atoms with Crippen LogP contribution in [0.2, 0.25) is 0 Å². The third-order valence-electron chi connectivity index (χ3n) is 8.58. The quantitative estimate of drug-likeness (QED) is 0.0409. The van der Waals surface area contributed by atoms with Gasteiger partial charge in [-0.05, 0) is 43.9 Å². The van der Waals surface area contributed by atoms with Crippen molar-refractivity contribution < 1.29 is 38.0 Å². The van der Waals surface area contributed by atoms with E-state index in [1.54, 1.807) is 0 Å². The summed E-state index contributed by atoms with van der Waals surface area (Å²) in [5, 5.41) is 3.42. The summed E-state index contributed by atoms with van der Waals surface area (Å²) in [6.07, 6.45) is 12.0. The van der Waals surface area contributed by atoms with E-state index < -0.39 is 12.2 Å². The van der Waals surface area contributed by atoms with Gasteiger partial charge in [0.2, 0.25) is 0 Å². The van der Waals surface area contributed by atoms with Gasteiger partial charge < -0.3 is 28.4 Å². The summed E-state index contributed by atoms with van der Waals surface area (Å²) >= 11 is 3.65. The van der Waals surface area contributed by atoms with Crippen molar-refractivity contribution >= 4 is 49.4 Å². The molecule has 0 aliphatic heterocycles. The zero-order valence-electron chi connectivity index (χ0n) is 31.5. The van der Waals surface area contributed by atoms with Gasteiger partial charge in [-0.2, -0.15) is 0 Å². The molecule has 0 saturated heterocycles. The van der Waals surface area contributed by atoms with Crippen LogP contribution < -0.4 is 9.47 Å². The Kier molecular flexibility index (Phi) is 21.0. The molecular formula is C42H61BrO8. The average molecular weight is 774 g/mol. The van der Waals surface area contributed by atoms with Crippen LogP contribution in [0.15, 0.2) is 46.9 Å². The van der Waals surface area contributed by atoms with Crippen LogP contribution in [0.4, 0.5) is 0 Å². The zero-order valence-corrected chi connectivity index (χ0v) is 33.1. The Bertz CT molecular complexity index is 1440. The topological polar surface area (TPSA) is 89.5 Å². The van der Waals surface area contributed by atoms with Gasteiger partial charge in [0, 0.05) is 52.1 Å². The van der Waals surface area contributed by atoms with E-state index in [1.807, 2.05) is 56.3 Å². The second-order valence-corrected chi connectivity index (χ2v) is 14.1. The molecule has 0 saturated carbocycles. The van der Waals surface area contributed by atoms with Crippen LogP contribution in [0, 0.1) is 0 Å². The first-order chi connectivity index (χ1) is 24.9. The fraction of sp³-hybridized carbons (Fsp3) is 0.619. The lowest BCUT2D eigenvalue weighted by Gasteiger charge is -2.23. The van der Waals surface area contributed by atoms with Gasteiger partial charge in [0.1, 0.15) is 24.7 Å². The van der Waals surface area contributed by atoms with Crippen LogP contribution in [-0.4, -0.2) is 63.8 Å². The number of esters is 2. The summed E-state index contributed by atoms with van der Waals surface area (Å²) < 4.78 is 37.5. The summed E-state index contributed by atoms with van der Waals surface area (Å²) in [6, 6.07) is 13.9. The fourth-order valence-corrected chi connectivity index (χ4v) is 6.28. The van der Waals surface area contributed by atoms with Crippen LogP contribution in [-0.2, 0) is 28.5 Å². The molecule has 0 aliphatic carbocycles. The highest BCUT2D eigenvalue weighted by molar-refractivity contribution is 9.10. The number of benzene rings is 3. The number of halogens is 1. The van der Waals surface area contributed by atoms with Gasteiger partial charge in [-0.3, -0.25) is 9.59 Å². The van der Waals surface area contributed by atoms with Crippen LogP contribution in [0.25, 0.3) is 21.5 Å². The van der Waals surface area contributed by atoms with Gasteiger partial charge in [0.25, 0.3) is 0 Å². The summed E-state index contributed by atoms with van der Waals surface area (Å²) in [7, 11) is 0. The second kappa shape index (κ2) is 25.2. The Morgan fingerprint density at radius 2 is 1.00 bits per heavy atom. The lowest BCUT2D eigenvalue weighted by molar-refractivity contribution is -0.155. The van der Waals surface area contributed by atoms with E-state index in [-0.39, 0.29) is 38.4 Å². The van der Waals surface area contributed by atoms with Crippen molar-refractivity contribution in [1.29, 1.82) is 0 Å². The minimum atomic E-state index is -0.554. The summed E-state index contributed by atoms with van der Waals surface area (Å²) in [5.74, 6) is 0.893. The molecule has 9 heteroatoms. The first kappa shape index (κ1) is 42.5. The predicted octanol–water partition coefficient (Wildman–Crippen LogP) is 10.9. The predicted molar refractivity (Wildman–Crippen MR) is 209 cm³/mol. The van der Waals surface area contributed by atoms with Crippen molar-refractivity contribution in [3.05, 3.63) is 46.9 Å². The van der Waals surface area contributed by atoms with Crippen molar-refractivity contribution in [2.45, 2.75) is 130 Å². The smallest absolute Gasteiger partial charge is 0.306 e. The van der Waals surface area contributed by atoms with Gasteiger partial charge in [-0.1, -0.05) is 119 Å². The molecule has 0 heterocycles. The maximum Gasteiger partial charge on any atom is 0.306 e. The minimum absolute atomic E-state index is 0.141. The highest BCUT2D eigenvalue weighted by Crippen LogP contribution is 2.44. The highest BCUT2D eigenvalue weighted by atomic mass is 79.9. The molecule has 0 fully saturated rings. The molecule has 3 rings (SSSR count). The van der Waals surface area contributed by atoms with Crippen molar-refractivity contribution in [2.24, 2.45) is 0 Å². The van der Waals surface area contributed by atoms with E-state index in [1.165, 1.54) is 12.8 Å². The van der Waals surface area contributed by atoms with Crippen molar-refractivity contribution in [1.82, 2.24) is 0 Å². The van der Waals surface area contributed by atoms with Crippen LogP contribution in [0.5, 0.6) is 11.5 Å². The lowest BCUT2D eigenvalue weighted by atomic mass is 10.0. The Labute approximate surface area is 314 Å². The molecule has 0 bridgehead atoms. The Morgan fingerprint density at radius 3 is 1.47 bits per heavy atom. The molecule has 51 heavy (non-hydrogen) atoms. The average Bonchev–Trinajstić information content (AvgIpc) is 3.12. The standard InChI is InChI=1S/C42H61BrO8/c1-5-9-11-13-15-21-39(44)50-33(28-46-25-7-3)30-48-41-35-19-17-18-20-36(35)42(38-27-32(43)23-24-37(38)41)49-31-34(29-47-26-8-4)51-40(45)22-16-14-12-10-6-2/h17-20,23-24,27,33-34H,5-16,21-22,25-26,28-31H2,1-4H3. The molecule has 0 spiro atoms. The third-order valence-corrected chi connectivity index (χ3v) is 9.08. The van der Waals surface area contributed by atoms with Crippen LogP contribution in [0.1, 0.15) is 118 Å². The van der Waals surface area contributed by atoms with Gasteiger partial charge in [0.05, 0.1) is 13.2 Å². The van der Waals surface area contributed by atoms with Gasteiger partial charge in [-0.15, -0.1) is 0 Å². The number of carbonyl (C=O) groups excluding carboxylic acids is 2. The fourth-order valence-electron chi connectivity index (χ4n) is 5.92. The van der Waals surface area contributed by atoms with E-state index in [0.717, 1.165) is 90.2 Å². The molecule has 8 nitrogen and oxygen atoms in total.